The second-order valence-corrected chi connectivity index (χ2v) is 15.4. The van der Waals surface area contributed by atoms with Crippen LogP contribution in [0.5, 0.6) is 0 Å². The number of benzene rings is 8. The Hall–Kier alpha value is -7.41. The van der Waals surface area contributed by atoms with Crippen molar-refractivity contribution in [3.63, 3.8) is 0 Å². The molecule has 0 atom stereocenters. The number of hydrogen-bond donors (Lipinski definition) is 0. The van der Waals surface area contributed by atoms with E-state index in [4.69, 9.17) is 19.4 Å². The maximum absolute atomic E-state index is 6.85. The second kappa shape index (κ2) is 12.6. The molecule has 0 fully saturated rings. The van der Waals surface area contributed by atoms with Gasteiger partial charge in [-0.25, -0.2) is 15.0 Å². The molecule has 266 valence electrons. The van der Waals surface area contributed by atoms with Gasteiger partial charge in [-0.2, -0.15) is 0 Å². The molecule has 0 bridgehead atoms. The smallest absolute Gasteiger partial charge is 0.166 e. The molecule has 4 aromatic heterocycles. The highest BCUT2D eigenvalue weighted by molar-refractivity contribution is 7.26. The van der Waals surface area contributed by atoms with E-state index in [0.29, 0.717) is 17.5 Å². The highest BCUT2D eigenvalue weighted by Gasteiger charge is 2.26. The highest BCUT2D eigenvalue weighted by Crippen LogP contribution is 2.48. The first kappa shape index (κ1) is 31.9. The summed E-state index contributed by atoms with van der Waals surface area (Å²) >= 11 is 1.84. The van der Waals surface area contributed by atoms with E-state index in [1.807, 2.05) is 47.7 Å². The van der Waals surface area contributed by atoms with Crippen molar-refractivity contribution in [2.24, 2.45) is 0 Å². The van der Waals surface area contributed by atoms with Gasteiger partial charge in [-0.05, 0) is 42.0 Å². The summed E-state index contributed by atoms with van der Waals surface area (Å²) in [5.41, 5.74) is 9.71. The van der Waals surface area contributed by atoms with E-state index in [0.717, 1.165) is 60.9 Å². The summed E-state index contributed by atoms with van der Waals surface area (Å²) in [6.07, 6.45) is 0. The molecule has 12 rings (SSSR count). The minimum Gasteiger partial charge on any atom is -0.456 e. The van der Waals surface area contributed by atoms with Crippen molar-refractivity contribution in [2.75, 3.05) is 0 Å². The third-order valence-corrected chi connectivity index (χ3v) is 12.3. The Balaban J connectivity index is 1.26. The molecule has 0 aliphatic heterocycles. The molecule has 5 nitrogen and oxygen atoms in total. The molecule has 12 aromatic rings. The number of rotatable bonds is 5. The van der Waals surface area contributed by atoms with Crippen molar-refractivity contribution < 1.29 is 4.42 Å². The molecular weight excluding hydrogens is 717 g/mol. The lowest BCUT2D eigenvalue weighted by Gasteiger charge is -2.16. The molecule has 0 spiro atoms. The Labute approximate surface area is 330 Å². The summed E-state index contributed by atoms with van der Waals surface area (Å²) in [6, 6.07) is 63.6. The van der Waals surface area contributed by atoms with Gasteiger partial charge in [0, 0.05) is 58.4 Å². The van der Waals surface area contributed by atoms with E-state index in [1.54, 1.807) is 0 Å². The highest BCUT2D eigenvalue weighted by atomic mass is 32.1. The van der Waals surface area contributed by atoms with Gasteiger partial charge in [0.05, 0.1) is 22.3 Å². The summed E-state index contributed by atoms with van der Waals surface area (Å²) in [5.74, 6) is 1.78. The minimum atomic E-state index is 0.572. The van der Waals surface area contributed by atoms with E-state index >= 15 is 0 Å². The topological polar surface area (TPSA) is 56.7 Å². The molecular formula is C51H30N4OS. The quantitative estimate of drug-likeness (QED) is 0.176. The summed E-state index contributed by atoms with van der Waals surface area (Å²) in [4.78, 5) is 15.8. The molecule has 0 saturated carbocycles. The van der Waals surface area contributed by atoms with Crippen LogP contribution in [-0.2, 0) is 0 Å². The Bertz CT molecular complexity index is 3420. The standard InChI is InChI=1S/C51H30N4OS/c1-3-15-31(16-4-1)49-52-50(32-17-5-2-6-18-32)54-51(53-49)46-41(55-39-25-10-7-19-33(39)34-20-8-11-26-40(34)55)29-30-43-47(46)45-36(22-14-27-42(45)56-43)38-24-13-23-37-35-21-9-12-28-44(35)57-48(37)38/h1-30H. The first-order valence-electron chi connectivity index (χ1n) is 19.0. The summed E-state index contributed by atoms with van der Waals surface area (Å²) in [5, 5.41) is 6.87. The summed E-state index contributed by atoms with van der Waals surface area (Å²) in [7, 11) is 0. The zero-order chi connectivity index (χ0) is 37.5. The second-order valence-electron chi connectivity index (χ2n) is 14.3. The molecule has 6 heteroatoms. The first-order chi connectivity index (χ1) is 28.3. The van der Waals surface area contributed by atoms with E-state index < -0.39 is 0 Å². The van der Waals surface area contributed by atoms with E-state index in [2.05, 4.69) is 150 Å². The van der Waals surface area contributed by atoms with Crippen LogP contribution in [0.25, 0.3) is 115 Å². The van der Waals surface area contributed by atoms with Crippen LogP contribution in [0.2, 0.25) is 0 Å². The van der Waals surface area contributed by atoms with Crippen molar-refractivity contribution in [1.29, 1.82) is 0 Å². The largest absolute Gasteiger partial charge is 0.456 e. The SMILES string of the molecule is c1ccc(-c2nc(-c3ccccc3)nc(-c3c(-n4c5ccccc5c5ccccc54)ccc4oc5cccc(-c6cccc7c6sc6ccccc67)c5c34)n2)cc1. The van der Waals surface area contributed by atoms with Crippen LogP contribution in [0.4, 0.5) is 0 Å². The predicted octanol–water partition coefficient (Wildman–Crippen LogP) is 13.9. The Morgan fingerprint density at radius 2 is 0.947 bits per heavy atom. The van der Waals surface area contributed by atoms with Crippen molar-refractivity contribution in [3.05, 3.63) is 182 Å². The van der Waals surface area contributed by atoms with Gasteiger partial charge in [-0.3, -0.25) is 0 Å². The first-order valence-corrected chi connectivity index (χ1v) is 19.8. The number of fused-ring (bicyclic) bond motifs is 9. The average molecular weight is 747 g/mol. The third-order valence-electron chi connectivity index (χ3n) is 11.1. The number of nitrogens with zero attached hydrogens (tertiary/aromatic N) is 4. The fraction of sp³-hybridized carbons (Fsp3) is 0. The van der Waals surface area contributed by atoms with E-state index in [-0.39, 0.29) is 0 Å². The molecule has 0 aliphatic carbocycles. The van der Waals surface area contributed by atoms with Crippen LogP contribution in [0.3, 0.4) is 0 Å². The fourth-order valence-corrected chi connectivity index (χ4v) is 9.83. The van der Waals surface area contributed by atoms with Crippen LogP contribution >= 0.6 is 11.3 Å². The molecule has 57 heavy (non-hydrogen) atoms. The van der Waals surface area contributed by atoms with E-state index in [1.165, 1.54) is 36.5 Å². The monoisotopic (exact) mass is 746 g/mol. The van der Waals surface area contributed by atoms with Gasteiger partial charge in [0.2, 0.25) is 0 Å². The van der Waals surface area contributed by atoms with Gasteiger partial charge in [0.15, 0.2) is 17.5 Å². The summed E-state index contributed by atoms with van der Waals surface area (Å²) < 4.78 is 11.7. The lowest BCUT2D eigenvalue weighted by Crippen LogP contribution is -2.04. The van der Waals surface area contributed by atoms with Crippen LogP contribution in [0.15, 0.2) is 186 Å². The van der Waals surface area contributed by atoms with Gasteiger partial charge in [0.25, 0.3) is 0 Å². The Morgan fingerprint density at radius 1 is 0.404 bits per heavy atom. The number of thiophene rings is 1. The molecule has 0 amide bonds. The normalized spacial score (nSPS) is 11.9. The lowest BCUT2D eigenvalue weighted by molar-refractivity contribution is 0.669. The average Bonchev–Trinajstić information content (AvgIpc) is 3.96. The van der Waals surface area contributed by atoms with Crippen molar-refractivity contribution in [2.45, 2.75) is 0 Å². The Morgan fingerprint density at radius 3 is 1.65 bits per heavy atom. The summed E-state index contributed by atoms with van der Waals surface area (Å²) in [6.45, 7) is 0. The molecule has 0 N–H and O–H groups in total. The minimum absolute atomic E-state index is 0.572. The molecule has 0 unspecified atom stereocenters. The number of para-hydroxylation sites is 2. The molecule has 0 radical (unpaired) electrons. The molecule has 0 aliphatic rings. The van der Waals surface area contributed by atoms with Gasteiger partial charge >= 0.3 is 0 Å². The van der Waals surface area contributed by atoms with Crippen LogP contribution < -0.4 is 0 Å². The molecule has 8 aromatic carbocycles. The van der Waals surface area contributed by atoms with Crippen LogP contribution in [0, 0.1) is 0 Å². The maximum Gasteiger partial charge on any atom is 0.166 e. The number of furan rings is 1. The maximum atomic E-state index is 6.85. The van der Waals surface area contributed by atoms with Gasteiger partial charge in [0.1, 0.15) is 11.2 Å². The number of hydrogen-bond acceptors (Lipinski definition) is 5. The van der Waals surface area contributed by atoms with Crippen molar-refractivity contribution in [3.8, 4) is 51.0 Å². The fourth-order valence-electron chi connectivity index (χ4n) is 8.60. The van der Waals surface area contributed by atoms with Crippen molar-refractivity contribution >= 4 is 75.3 Å². The molecule has 0 saturated heterocycles. The van der Waals surface area contributed by atoms with Gasteiger partial charge in [-0.1, -0.05) is 146 Å². The van der Waals surface area contributed by atoms with Crippen molar-refractivity contribution in [1.82, 2.24) is 19.5 Å². The van der Waals surface area contributed by atoms with Gasteiger partial charge < -0.3 is 8.98 Å². The zero-order valence-corrected chi connectivity index (χ0v) is 31.2. The number of aromatic nitrogens is 4. The molecule has 4 heterocycles. The lowest BCUT2D eigenvalue weighted by atomic mass is 9.95. The zero-order valence-electron chi connectivity index (χ0n) is 30.4. The van der Waals surface area contributed by atoms with E-state index in [9.17, 15) is 0 Å². The third kappa shape index (κ3) is 4.91. The van der Waals surface area contributed by atoms with Crippen LogP contribution in [0.1, 0.15) is 0 Å². The Kier molecular flexibility index (Phi) is 7.03. The predicted molar refractivity (Wildman–Crippen MR) is 236 cm³/mol. The van der Waals surface area contributed by atoms with Gasteiger partial charge in [-0.15, -0.1) is 11.3 Å². The van der Waals surface area contributed by atoms with Crippen LogP contribution in [-0.4, -0.2) is 19.5 Å².